The topological polar surface area (TPSA) is 81.4 Å². The Kier molecular flexibility index (Phi) is 8.77. The van der Waals surface area contributed by atoms with Crippen molar-refractivity contribution in [3.8, 4) is 0 Å². The van der Waals surface area contributed by atoms with Crippen molar-refractivity contribution >= 4 is 10.0 Å². The second kappa shape index (κ2) is 8.85. The fraction of sp³-hybridized carbons (Fsp3) is 1.00. The number of nitrogens with two attached hydrogens (primary N) is 1. The minimum absolute atomic E-state index is 0.0937. The molecule has 0 radical (unpaired) electrons. The number of ether oxygens (including phenoxy) is 1. The molecule has 3 N–H and O–H groups in total. The Morgan fingerprint density at radius 2 is 1.88 bits per heavy atom. The van der Waals surface area contributed by atoms with E-state index in [-0.39, 0.29) is 11.8 Å². The molecule has 0 aromatic heterocycles. The van der Waals surface area contributed by atoms with Gasteiger partial charge in [0.15, 0.2) is 0 Å². The van der Waals surface area contributed by atoms with E-state index in [0.29, 0.717) is 25.5 Å². The summed E-state index contributed by atoms with van der Waals surface area (Å²) < 4.78 is 30.6. The third-order valence-corrected chi connectivity index (χ3v) is 4.39. The summed E-state index contributed by atoms with van der Waals surface area (Å²) in [6.45, 7) is 4.92. The van der Waals surface area contributed by atoms with Crippen LogP contribution in [0.5, 0.6) is 0 Å². The Labute approximate surface area is 105 Å². The van der Waals surface area contributed by atoms with Gasteiger partial charge in [-0.25, -0.2) is 13.1 Å². The fourth-order valence-corrected chi connectivity index (χ4v) is 2.84. The van der Waals surface area contributed by atoms with E-state index >= 15 is 0 Å². The maximum absolute atomic E-state index is 11.6. The zero-order valence-corrected chi connectivity index (χ0v) is 11.9. The lowest BCUT2D eigenvalue weighted by molar-refractivity contribution is 0.199. The standard InChI is InChI=1S/C11H26N2O3S/c1-4-10(5-2)11(12)9-13-17(14,15)8-6-7-16-3/h10-11,13H,4-9,12H2,1-3H3. The lowest BCUT2D eigenvalue weighted by atomic mass is 9.95. The molecule has 1 atom stereocenters. The van der Waals surface area contributed by atoms with Gasteiger partial charge in [0.2, 0.25) is 10.0 Å². The number of hydrogen-bond acceptors (Lipinski definition) is 4. The van der Waals surface area contributed by atoms with Crippen molar-refractivity contribution in [1.29, 1.82) is 0 Å². The molecule has 0 aliphatic heterocycles. The number of rotatable bonds is 10. The molecule has 0 aliphatic rings. The molecule has 6 heteroatoms. The number of nitrogens with one attached hydrogen (secondary N) is 1. The highest BCUT2D eigenvalue weighted by atomic mass is 32.2. The SMILES string of the molecule is CCC(CC)C(N)CNS(=O)(=O)CCCOC. The Hall–Kier alpha value is -0.170. The van der Waals surface area contributed by atoms with E-state index in [9.17, 15) is 8.42 Å². The van der Waals surface area contributed by atoms with Crippen molar-refractivity contribution in [2.75, 3.05) is 26.0 Å². The minimum atomic E-state index is -3.21. The van der Waals surface area contributed by atoms with E-state index in [1.807, 2.05) is 0 Å². The van der Waals surface area contributed by atoms with Crippen LogP contribution in [-0.4, -0.2) is 40.5 Å². The lowest BCUT2D eigenvalue weighted by Gasteiger charge is -2.21. The monoisotopic (exact) mass is 266 g/mol. The summed E-state index contributed by atoms with van der Waals surface area (Å²) in [6.07, 6.45) is 2.46. The average Bonchev–Trinajstić information content (AvgIpc) is 2.28. The summed E-state index contributed by atoms with van der Waals surface area (Å²) in [7, 11) is -1.65. The van der Waals surface area contributed by atoms with E-state index < -0.39 is 10.0 Å². The zero-order valence-electron chi connectivity index (χ0n) is 11.1. The third kappa shape index (κ3) is 7.70. The highest BCUT2D eigenvalue weighted by molar-refractivity contribution is 7.89. The van der Waals surface area contributed by atoms with Crippen molar-refractivity contribution in [2.24, 2.45) is 11.7 Å². The quantitative estimate of drug-likeness (QED) is 0.570. The molecule has 0 saturated heterocycles. The van der Waals surface area contributed by atoms with Crippen LogP contribution in [0.15, 0.2) is 0 Å². The van der Waals surface area contributed by atoms with Crippen LogP contribution in [0.25, 0.3) is 0 Å². The predicted molar refractivity (Wildman–Crippen MR) is 70.3 cm³/mol. The van der Waals surface area contributed by atoms with Gasteiger partial charge in [-0.15, -0.1) is 0 Å². The molecule has 0 rings (SSSR count). The van der Waals surface area contributed by atoms with E-state index in [1.165, 1.54) is 0 Å². The first-order valence-electron chi connectivity index (χ1n) is 6.18. The van der Waals surface area contributed by atoms with Crippen LogP contribution in [0.1, 0.15) is 33.1 Å². The number of methoxy groups -OCH3 is 1. The van der Waals surface area contributed by atoms with Gasteiger partial charge < -0.3 is 10.5 Å². The van der Waals surface area contributed by atoms with Gasteiger partial charge in [-0.05, 0) is 12.3 Å². The summed E-state index contributed by atoms with van der Waals surface area (Å²) in [4.78, 5) is 0. The van der Waals surface area contributed by atoms with Gasteiger partial charge in [0.05, 0.1) is 5.75 Å². The first-order chi connectivity index (χ1) is 7.96. The van der Waals surface area contributed by atoms with Gasteiger partial charge in [0.25, 0.3) is 0 Å². The summed E-state index contributed by atoms with van der Waals surface area (Å²) in [5.74, 6) is 0.466. The van der Waals surface area contributed by atoms with Crippen molar-refractivity contribution in [3.63, 3.8) is 0 Å². The Bertz CT molecular complexity index is 276. The maximum atomic E-state index is 11.6. The molecule has 0 aromatic carbocycles. The first-order valence-corrected chi connectivity index (χ1v) is 7.83. The second-order valence-corrected chi connectivity index (χ2v) is 6.18. The molecule has 0 aromatic rings. The molecule has 0 bridgehead atoms. The van der Waals surface area contributed by atoms with Crippen LogP contribution in [0.3, 0.4) is 0 Å². The first kappa shape index (κ1) is 16.8. The van der Waals surface area contributed by atoms with E-state index in [2.05, 4.69) is 18.6 Å². The molecular formula is C11H26N2O3S. The minimum Gasteiger partial charge on any atom is -0.385 e. The van der Waals surface area contributed by atoms with E-state index in [1.54, 1.807) is 7.11 Å². The third-order valence-electron chi connectivity index (χ3n) is 2.95. The molecule has 1 unspecified atom stereocenters. The molecule has 17 heavy (non-hydrogen) atoms. The summed E-state index contributed by atoms with van der Waals surface area (Å²) in [5.41, 5.74) is 5.95. The van der Waals surface area contributed by atoms with Gasteiger partial charge in [-0.2, -0.15) is 0 Å². The highest BCUT2D eigenvalue weighted by Gasteiger charge is 2.17. The van der Waals surface area contributed by atoms with Crippen molar-refractivity contribution in [3.05, 3.63) is 0 Å². The summed E-state index contributed by atoms with van der Waals surface area (Å²) in [5, 5.41) is 0. The lowest BCUT2D eigenvalue weighted by Crippen LogP contribution is -2.42. The molecule has 0 fully saturated rings. The highest BCUT2D eigenvalue weighted by Crippen LogP contribution is 2.10. The van der Waals surface area contributed by atoms with Crippen molar-refractivity contribution < 1.29 is 13.2 Å². The van der Waals surface area contributed by atoms with E-state index in [0.717, 1.165) is 12.8 Å². The van der Waals surface area contributed by atoms with Crippen LogP contribution >= 0.6 is 0 Å². The van der Waals surface area contributed by atoms with Gasteiger partial charge in [0, 0.05) is 26.3 Å². The fourth-order valence-electron chi connectivity index (χ4n) is 1.75. The molecular weight excluding hydrogens is 240 g/mol. The normalized spacial score (nSPS) is 14.2. The molecule has 0 aliphatic carbocycles. The van der Waals surface area contributed by atoms with Gasteiger partial charge in [0.1, 0.15) is 0 Å². The van der Waals surface area contributed by atoms with Crippen molar-refractivity contribution in [2.45, 2.75) is 39.2 Å². The molecule has 0 spiro atoms. The smallest absolute Gasteiger partial charge is 0.211 e. The van der Waals surface area contributed by atoms with Gasteiger partial charge >= 0.3 is 0 Å². The molecule has 0 amide bonds. The van der Waals surface area contributed by atoms with Crippen LogP contribution in [0.4, 0.5) is 0 Å². The van der Waals surface area contributed by atoms with Gasteiger partial charge in [-0.1, -0.05) is 26.7 Å². The van der Waals surface area contributed by atoms with Crippen LogP contribution in [0.2, 0.25) is 0 Å². The molecule has 104 valence electrons. The van der Waals surface area contributed by atoms with Crippen LogP contribution < -0.4 is 10.5 Å². The largest absolute Gasteiger partial charge is 0.385 e. The maximum Gasteiger partial charge on any atom is 0.211 e. The Morgan fingerprint density at radius 1 is 1.29 bits per heavy atom. The van der Waals surface area contributed by atoms with Gasteiger partial charge in [-0.3, -0.25) is 0 Å². The summed E-state index contributed by atoms with van der Waals surface area (Å²) >= 11 is 0. The Balaban J connectivity index is 4.00. The molecule has 0 heterocycles. The predicted octanol–water partition coefficient (Wildman–Crippen LogP) is 0.706. The van der Waals surface area contributed by atoms with Crippen LogP contribution in [-0.2, 0) is 14.8 Å². The van der Waals surface area contributed by atoms with Crippen LogP contribution in [0, 0.1) is 5.92 Å². The van der Waals surface area contributed by atoms with E-state index in [4.69, 9.17) is 10.5 Å². The number of sulfonamides is 1. The Morgan fingerprint density at radius 3 is 2.35 bits per heavy atom. The van der Waals surface area contributed by atoms with Crippen molar-refractivity contribution in [1.82, 2.24) is 4.72 Å². The number of hydrogen-bond donors (Lipinski definition) is 2. The second-order valence-electron chi connectivity index (χ2n) is 4.25. The zero-order chi connectivity index (χ0) is 13.3. The average molecular weight is 266 g/mol. The molecule has 0 saturated carbocycles. The summed E-state index contributed by atoms with van der Waals surface area (Å²) in [6, 6.07) is -0.109. The molecule has 5 nitrogen and oxygen atoms in total.